The molecule has 2 aromatic carbocycles. The molecule has 1 aliphatic rings. The lowest BCUT2D eigenvalue weighted by molar-refractivity contribution is -0.119. The highest BCUT2D eigenvalue weighted by Crippen LogP contribution is 2.30. The molecule has 25 heavy (non-hydrogen) atoms. The molecule has 0 unspecified atom stereocenters. The van der Waals surface area contributed by atoms with Gasteiger partial charge in [-0.2, -0.15) is 0 Å². The van der Waals surface area contributed by atoms with Crippen molar-refractivity contribution < 1.29 is 19.1 Å². The number of nitrogens with zero attached hydrogens (tertiary/aromatic N) is 2. The van der Waals surface area contributed by atoms with Crippen LogP contribution in [0.1, 0.15) is 15.9 Å². The molecule has 0 fully saturated rings. The Morgan fingerprint density at radius 1 is 1.00 bits per heavy atom. The minimum absolute atomic E-state index is 0.0425. The summed E-state index contributed by atoms with van der Waals surface area (Å²) in [7, 11) is 4.78. The Bertz CT molecular complexity index is 819. The van der Waals surface area contributed by atoms with Crippen molar-refractivity contribution >= 4 is 17.5 Å². The molecule has 6 nitrogen and oxygen atoms in total. The highest BCUT2D eigenvalue weighted by molar-refractivity contribution is 6.09. The molecule has 2 aromatic rings. The minimum Gasteiger partial charge on any atom is -0.493 e. The number of carbonyl (C=O) groups is 2. The van der Waals surface area contributed by atoms with Gasteiger partial charge in [0.05, 0.1) is 32.0 Å². The molecule has 0 saturated heterocycles. The number of amides is 2. The maximum Gasteiger partial charge on any atom is 0.256 e. The number of rotatable bonds is 4. The molecule has 0 spiro atoms. The quantitative estimate of drug-likeness (QED) is 0.857. The molecule has 6 heteroatoms. The number of anilines is 1. The largest absolute Gasteiger partial charge is 0.493 e. The number of methoxy groups -OCH3 is 2. The SMILES string of the molecule is COc1ccc(CN2C(=O)CN(C)C(=O)c3ccccc32)cc1OC. The summed E-state index contributed by atoms with van der Waals surface area (Å²) in [5.41, 5.74) is 2.03. The molecule has 0 saturated carbocycles. The van der Waals surface area contributed by atoms with Crippen molar-refractivity contribution in [1.29, 1.82) is 0 Å². The summed E-state index contributed by atoms with van der Waals surface area (Å²) in [6, 6.07) is 12.7. The smallest absolute Gasteiger partial charge is 0.256 e. The summed E-state index contributed by atoms with van der Waals surface area (Å²) in [6.45, 7) is 0.387. The molecule has 130 valence electrons. The summed E-state index contributed by atoms with van der Waals surface area (Å²) in [5.74, 6) is 0.946. The van der Waals surface area contributed by atoms with Crippen molar-refractivity contribution in [2.75, 3.05) is 32.7 Å². The lowest BCUT2D eigenvalue weighted by atomic mass is 10.1. The van der Waals surface area contributed by atoms with E-state index >= 15 is 0 Å². The van der Waals surface area contributed by atoms with E-state index in [-0.39, 0.29) is 18.4 Å². The van der Waals surface area contributed by atoms with Gasteiger partial charge in [-0.1, -0.05) is 18.2 Å². The fourth-order valence-corrected chi connectivity index (χ4v) is 2.92. The van der Waals surface area contributed by atoms with Gasteiger partial charge in [-0.3, -0.25) is 9.59 Å². The number of carbonyl (C=O) groups excluding carboxylic acids is 2. The van der Waals surface area contributed by atoms with Gasteiger partial charge in [0, 0.05) is 7.05 Å². The average molecular weight is 340 g/mol. The van der Waals surface area contributed by atoms with E-state index in [1.54, 1.807) is 50.4 Å². The zero-order valence-electron chi connectivity index (χ0n) is 14.5. The van der Waals surface area contributed by atoms with Crippen LogP contribution < -0.4 is 14.4 Å². The van der Waals surface area contributed by atoms with E-state index < -0.39 is 0 Å². The first-order valence-electron chi connectivity index (χ1n) is 7.91. The summed E-state index contributed by atoms with van der Waals surface area (Å²) in [5, 5.41) is 0. The predicted octanol–water partition coefficient (Wildman–Crippen LogP) is 2.32. The van der Waals surface area contributed by atoms with Crippen molar-refractivity contribution in [3.8, 4) is 11.5 Å². The first-order valence-corrected chi connectivity index (χ1v) is 7.91. The number of hydrogen-bond donors (Lipinski definition) is 0. The van der Waals surface area contributed by atoms with Crippen molar-refractivity contribution in [3.05, 3.63) is 53.6 Å². The molecule has 1 aliphatic heterocycles. The molecule has 0 N–H and O–H groups in total. The third-order valence-electron chi connectivity index (χ3n) is 4.23. The van der Waals surface area contributed by atoms with Gasteiger partial charge in [-0.05, 0) is 29.8 Å². The van der Waals surface area contributed by atoms with Gasteiger partial charge >= 0.3 is 0 Å². The van der Waals surface area contributed by atoms with Crippen LogP contribution in [0.4, 0.5) is 5.69 Å². The maximum absolute atomic E-state index is 12.7. The number of likely N-dealkylation sites (N-methyl/N-ethyl adjacent to an activating group) is 1. The highest BCUT2D eigenvalue weighted by Gasteiger charge is 2.29. The molecule has 0 aromatic heterocycles. The normalized spacial score (nSPS) is 14.2. The van der Waals surface area contributed by atoms with Gasteiger partial charge in [-0.15, -0.1) is 0 Å². The molecule has 1 heterocycles. The van der Waals surface area contributed by atoms with Gasteiger partial charge < -0.3 is 19.3 Å². The van der Waals surface area contributed by atoms with E-state index in [4.69, 9.17) is 9.47 Å². The standard InChI is InChI=1S/C19H20N2O4/c1-20-12-18(22)21(15-7-5-4-6-14(15)19(20)23)11-13-8-9-16(24-2)17(10-13)25-3/h4-10H,11-12H2,1-3H3. The zero-order valence-corrected chi connectivity index (χ0v) is 14.5. The number of ether oxygens (including phenoxy) is 2. The van der Waals surface area contributed by atoms with E-state index in [0.717, 1.165) is 5.56 Å². The average Bonchev–Trinajstić information content (AvgIpc) is 2.72. The Kier molecular flexibility index (Phi) is 4.61. The lowest BCUT2D eigenvalue weighted by Gasteiger charge is -2.23. The third-order valence-corrected chi connectivity index (χ3v) is 4.23. The fraction of sp³-hybridized carbons (Fsp3) is 0.263. The maximum atomic E-state index is 12.7. The number of fused-ring (bicyclic) bond motifs is 1. The van der Waals surface area contributed by atoms with E-state index in [0.29, 0.717) is 29.3 Å². The Morgan fingerprint density at radius 2 is 1.72 bits per heavy atom. The number of para-hydroxylation sites is 1. The lowest BCUT2D eigenvalue weighted by Crippen LogP contribution is -2.37. The number of benzene rings is 2. The van der Waals surface area contributed by atoms with Crippen LogP contribution >= 0.6 is 0 Å². The minimum atomic E-state index is -0.154. The van der Waals surface area contributed by atoms with E-state index in [1.807, 2.05) is 18.2 Å². The van der Waals surface area contributed by atoms with Crippen LogP contribution in [-0.4, -0.2) is 44.5 Å². The third kappa shape index (κ3) is 3.15. The second kappa shape index (κ2) is 6.84. The van der Waals surface area contributed by atoms with Gasteiger partial charge in [0.1, 0.15) is 6.54 Å². The fourth-order valence-electron chi connectivity index (χ4n) is 2.92. The van der Waals surface area contributed by atoms with E-state index in [9.17, 15) is 9.59 Å². The van der Waals surface area contributed by atoms with Crippen LogP contribution in [-0.2, 0) is 11.3 Å². The highest BCUT2D eigenvalue weighted by atomic mass is 16.5. The summed E-state index contributed by atoms with van der Waals surface area (Å²) in [4.78, 5) is 28.2. The van der Waals surface area contributed by atoms with Crippen molar-refractivity contribution in [1.82, 2.24) is 4.90 Å². The van der Waals surface area contributed by atoms with Gasteiger partial charge in [0.15, 0.2) is 11.5 Å². The summed E-state index contributed by atoms with van der Waals surface area (Å²) >= 11 is 0. The predicted molar refractivity (Wildman–Crippen MR) is 94.1 cm³/mol. The Morgan fingerprint density at radius 3 is 2.44 bits per heavy atom. The molecular formula is C19H20N2O4. The molecule has 0 aliphatic carbocycles. The Hall–Kier alpha value is -3.02. The number of hydrogen-bond acceptors (Lipinski definition) is 4. The van der Waals surface area contributed by atoms with Crippen LogP contribution in [0.25, 0.3) is 0 Å². The van der Waals surface area contributed by atoms with Gasteiger partial charge in [-0.25, -0.2) is 0 Å². The molecule has 0 bridgehead atoms. The Labute approximate surface area is 146 Å². The summed E-state index contributed by atoms with van der Waals surface area (Å²) < 4.78 is 10.6. The molecule has 0 atom stereocenters. The second-order valence-corrected chi connectivity index (χ2v) is 5.85. The van der Waals surface area contributed by atoms with Crippen molar-refractivity contribution in [2.45, 2.75) is 6.54 Å². The van der Waals surface area contributed by atoms with Crippen LogP contribution in [0.5, 0.6) is 11.5 Å². The Balaban J connectivity index is 2.00. The monoisotopic (exact) mass is 340 g/mol. The zero-order chi connectivity index (χ0) is 18.0. The van der Waals surface area contributed by atoms with Gasteiger partial charge in [0.25, 0.3) is 5.91 Å². The summed E-state index contributed by atoms with van der Waals surface area (Å²) in [6.07, 6.45) is 0. The van der Waals surface area contributed by atoms with E-state index in [1.165, 1.54) is 4.90 Å². The molecule has 3 rings (SSSR count). The van der Waals surface area contributed by atoms with Gasteiger partial charge in [0.2, 0.25) is 5.91 Å². The topological polar surface area (TPSA) is 59.1 Å². The van der Waals surface area contributed by atoms with Crippen LogP contribution in [0.3, 0.4) is 0 Å². The van der Waals surface area contributed by atoms with E-state index in [2.05, 4.69) is 0 Å². The van der Waals surface area contributed by atoms with Crippen LogP contribution in [0, 0.1) is 0 Å². The first-order chi connectivity index (χ1) is 12.0. The first kappa shape index (κ1) is 16.8. The molecular weight excluding hydrogens is 320 g/mol. The molecule has 0 radical (unpaired) electrons. The van der Waals surface area contributed by atoms with Crippen LogP contribution in [0.15, 0.2) is 42.5 Å². The van der Waals surface area contributed by atoms with Crippen molar-refractivity contribution in [3.63, 3.8) is 0 Å². The van der Waals surface area contributed by atoms with Crippen LogP contribution in [0.2, 0.25) is 0 Å². The second-order valence-electron chi connectivity index (χ2n) is 5.85. The molecule has 2 amide bonds. The van der Waals surface area contributed by atoms with Crippen molar-refractivity contribution in [2.24, 2.45) is 0 Å².